The molecule has 2 amide bonds. The molecule has 0 radical (unpaired) electrons. The van der Waals surface area contributed by atoms with Gasteiger partial charge in [-0.15, -0.1) is 5.10 Å². The largest absolute Gasteiger partial charge is 0.382 e. The van der Waals surface area contributed by atoms with Crippen LogP contribution in [0.5, 0.6) is 0 Å². The van der Waals surface area contributed by atoms with Crippen LogP contribution < -0.4 is 10.6 Å². The third-order valence-corrected chi connectivity index (χ3v) is 6.16. The summed E-state index contributed by atoms with van der Waals surface area (Å²) in [4.78, 5) is 27.3. The molecule has 8 heteroatoms. The number of nitrogens with two attached hydrogens (primary N) is 1. The molecular formula is C23H26N6O2. The normalized spacial score (nSPS) is 16.0. The third kappa shape index (κ3) is 3.43. The molecule has 2 N–H and O–H groups in total. The fourth-order valence-corrected chi connectivity index (χ4v) is 4.44. The molecule has 1 atom stereocenters. The summed E-state index contributed by atoms with van der Waals surface area (Å²) in [5, 5.41) is 8.98. The van der Waals surface area contributed by atoms with E-state index in [-0.39, 0.29) is 17.7 Å². The maximum Gasteiger partial charge on any atom is 0.245 e. The highest BCUT2D eigenvalue weighted by Crippen LogP contribution is 2.42. The van der Waals surface area contributed by atoms with Gasteiger partial charge in [-0.1, -0.05) is 18.7 Å². The van der Waals surface area contributed by atoms with Crippen LogP contribution >= 0.6 is 0 Å². The van der Waals surface area contributed by atoms with Gasteiger partial charge >= 0.3 is 0 Å². The van der Waals surface area contributed by atoms with Crippen molar-refractivity contribution in [2.24, 2.45) is 7.05 Å². The maximum atomic E-state index is 12.1. The van der Waals surface area contributed by atoms with Crippen molar-refractivity contribution in [1.82, 2.24) is 19.7 Å². The number of aryl methyl sites for hydroxylation is 1. The number of amides is 2. The van der Waals surface area contributed by atoms with Gasteiger partial charge in [-0.3, -0.25) is 9.59 Å². The predicted octanol–water partition coefficient (Wildman–Crippen LogP) is 2.70. The zero-order valence-electron chi connectivity index (χ0n) is 18.0. The van der Waals surface area contributed by atoms with Crippen LogP contribution in [0.2, 0.25) is 0 Å². The van der Waals surface area contributed by atoms with Crippen LogP contribution in [0.4, 0.5) is 11.5 Å². The highest BCUT2D eigenvalue weighted by Gasteiger charge is 2.32. The minimum Gasteiger partial charge on any atom is -0.382 e. The van der Waals surface area contributed by atoms with Gasteiger partial charge in [0.25, 0.3) is 0 Å². The number of carbonyl (C=O) groups is 2. The SMILES string of the molecule is C=CC(=O)N1CCC(c2c(-c3ccc(N(C)C(C)=O)cc3)c3c(N)nncc3n2C)C1. The number of hydrogen-bond acceptors (Lipinski definition) is 5. The first-order valence-electron chi connectivity index (χ1n) is 10.2. The van der Waals surface area contributed by atoms with E-state index in [0.717, 1.165) is 39.8 Å². The topological polar surface area (TPSA) is 97.3 Å². The summed E-state index contributed by atoms with van der Waals surface area (Å²) in [5.74, 6) is 0.435. The lowest BCUT2D eigenvalue weighted by atomic mass is 9.94. The summed E-state index contributed by atoms with van der Waals surface area (Å²) in [6.45, 7) is 6.45. The van der Waals surface area contributed by atoms with Crippen LogP contribution in [0.1, 0.15) is 25.0 Å². The third-order valence-electron chi connectivity index (χ3n) is 6.16. The standard InChI is InChI=1S/C23H26N6O2/c1-5-19(31)29-11-10-16(13-29)22-20(21-18(28(22)4)12-25-26-23(21)24)15-6-8-17(9-7-15)27(3)14(2)30/h5-9,12,16H,1,10-11,13H2,2-4H3,(H2,24,26). The highest BCUT2D eigenvalue weighted by molar-refractivity contribution is 6.04. The van der Waals surface area contributed by atoms with Gasteiger partial charge < -0.3 is 20.1 Å². The molecule has 0 saturated carbocycles. The highest BCUT2D eigenvalue weighted by atomic mass is 16.2. The lowest BCUT2D eigenvalue weighted by Gasteiger charge is -2.18. The van der Waals surface area contributed by atoms with Gasteiger partial charge in [-0.05, 0) is 30.2 Å². The predicted molar refractivity (Wildman–Crippen MR) is 122 cm³/mol. The van der Waals surface area contributed by atoms with Gasteiger partial charge in [0, 0.05) is 57.0 Å². The second-order valence-electron chi connectivity index (χ2n) is 7.91. The first-order chi connectivity index (χ1) is 14.8. The van der Waals surface area contributed by atoms with Crippen molar-refractivity contribution in [3.63, 3.8) is 0 Å². The molecule has 1 aliphatic heterocycles. The molecule has 3 aromatic rings. The Kier molecular flexibility index (Phi) is 5.22. The number of likely N-dealkylation sites (tertiary alicyclic amines) is 1. The van der Waals surface area contributed by atoms with Crippen molar-refractivity contribution in [3.05, 3.63) is 48.8 Å². The van der Waals surface area contributed by atoms with Gasteiger partial charge in [0.05, 0.1) is 17.1 Å². The average Bonchev–Trinajstić information content (AvgIpc) is 3.36. The average molecular weight is 419 g/mol. The van der Waals surface area contributed by atoms with Gasteiger partial charge in [0.2, 0.25) is 11.8 Å². The maximum absolute atomic E-state index is 12.1. The number of anilines is 2. The second kappa shape index (κ2) is 7.86. The number of carbonyl (C=O) groups excluding carboxylic acids is 2. The van der Waals surface area contributed by atoms with E-state index in [0.29, 0.717) is 18.9 Å². The second-order valence-corrected chi connectivity index (χ2v) is 7.91. The molecule has 0 bridgehead atoms. The number of fused-ring (bicyclic) bond motifs is 1. The van der Waals surface area contributed by atoms with Crippen molar-refractivity contribution in [2.75, 3.05) is 30.8 Å². The Labute approximate surface area is 180 Å². The van der Waals surface area contributed by atoms with E-state index >= 15 is 0 Å². The number of aromatic nitrogens is 3. The quantitative estimate of drug-likeness (QED) is 0.657. The van der Waals surface area contributed by atoms with E-state index in [9.17, 15) is 9.59 Å². The molecule has 31 heavy (non-hydrogen) atoms. The Hall–Kier alpha value is -3.68. The van der Waals surface area contributed by atoms with E-state index in [2.05, 4.69) is 21.3 Å². The van der Waals surface area contributed by atoms with Crippen LogP contribution in [0.15, 0.2) is 43.1 Å². The molecule has 3 heterocycles. The summed E-state index contributed by atoms with van der Waals surface area (Å²) >= 11 is 0. The first-order valence-corrected chi connectivity index (χ1v) is 10.2. The Balaban J connectivity index is 1.86. The molecule has 0 spiro atoms. The molecule has 1 saturated heterocycles. The Morgan fingerprint density at radius 3 is 2.65 bits per heavy atom. The molecule has 4 rings (SSSR count). The van der Waals surface area contributed by atoms with E-state index in [1.807, 2.05) is 36.2 Å². The van der Waals surface area contributed by atoms with Crippen LogP contribution in [-0.4, -0.2) is 51.6 Å². The van der Waals surface area contributed by atoms with Gasteiger partial charge in [0.1, 0.15) is 0 Å². The summed E-state index contributed by atoms with van der Waals surface area (Å²) < 4.78 is 2.11. The molecule has 0 aliphatic carbocycles. The Bertz CT molecular complexity index is 1180. The zero-order chi connectivity index (χ0) is 22.3. The fraction of sp³-hybridized carbons (Fsp3) is 0.304. The Morgan fingerprint density at radius 2 is 2.00 bits per heavy atom. The van der Waals surface area contributed by atoms with Crippen LogP contribution in [-0.2, 0) is 16.6 Å². The molecule has 8 nitrogen and oxygen atoms in total. The minimum absolute atomic E-state index is 0.0314. The molecule has 1 aromatic carbocycles. The van der Waals surface area contributed by atoms with Crippen molar-refractivity contribution < 1.29 is 9.59 Å². The first kappa shape index (κ1) is 20.6. The fourth-order valence-electron chi connectivity index (χ4n) is 4.44. The lowest BCUT2D eigenvalue weighted by molar-refractivity contribution is -0.125. The van der Waals surface area contributed by atoms with Gasteiger partial charge in [-0.25, -0.2) is 0 Å². The summed E-state index contributed by atoms with van der Waals surface area (Å²) in [5.41, 5.74) is 11.1. The number of rotatable bonds is 4. The summed E-state index contributed by atoms with van der Waals surface area (Å²) in [7, 11) is 3.75. The monoisotopic (exact) mass is 418 g/mol. The summed E-state index contributed by atoms with van der Waals surface area (Å²) in [6, 6.07) is 7.84. The van der Waals surface area contributed by atoms with Gasteiger partial charge in [-0.2, -0.15) is 5.10 Å². The number of nitrogen functional groups attached to an aromatic ring is 1. The molecule has 2 aromatic heterocycles. The van der Waals surface area contributed by atoms with E-state index in [4.69, 9.17) is 5.73 Å². The molecule has 1 aliphatic rings. The molecule has 1 fully saturated rings. The van der Waals surface area contributed by atoms with Crippen molar-refractivity contribution in [2.45, 2.75) is 19.3 Å². The smallest absolute Gasteiger partial charge is 0.245 e. The zero-order valence-corrected chi connectivity index (χ0v) is 18.0. The molecule has 160 valence electrons. The number of benzene rings is 1. The number of hydrogen-bond donors (Lipinski definition) is 1. The molecule has 1 unspecified atom stereocenters. The molecular weight excluding hydrogens is 392 g/mol. The summed E-state index contributed by atoms with van der Waals surface area (Å²) in [6.07, 6.45) is 3.93. The van der Waals surface area contributed by atoms with Crippen molar-refractivity contribution in [1.29, 1.82) is 0 Å². The van der Waals surface area contributed by atoms with Crippen molar-refractivity contribution in [3.8, 4) is 11.1 Å². The number of nitrogens with zero attached hydrogens (tertiary/aromatic N) is 5. The van der Waals surface area contributed by atoms with Crippen LogP contribution in [0, 0.1) is 0 Å². The van der Waals surface area contributed by atoms with Gasteiger partial charge in [0.15, 0.2) is 5.82 Å². The van der Waals surface area contributed by atoms with E-state index < -0.39 is 0 Å². The van der Waals surface area contributed by atoms with E-state index in [1.54, 1.807) is 18.1 Å². The Morgan fingerprint density at radius 1 is 1.29 bits per heavy atom. The van der Waals surface area contributed by atoms with Crippen LogP contribution in [0.25, 0.3) is 22.0 Å². The van der Waals surface area contributed by atoms with Crippen LogP contribution in [0.3, 0.4) is 0 Å². The minimum atomic E-state index is -0.0534. The lowest BCUT2D eigenvalue weighted by Crippen LogP contribution is -2.26. The van der Waals surface area contributed by atoms with Crippen molar-refractivity contribution >= 4 is 34.2 Å². The van der Waals surface area contributed by atoms with E-state index in [1.165, 1.54) is 13.0 Å².